The van der Waals surface area contributed by atoms with Crippen LogP contribution in [-0.2, 0) is 16.0 Å². The minimum absolute atomic E-state index is 0.188. The summed E-state index contributed by atoms with van der Waals surface area (Å²) in [4.78, 5) is 11.8. The highest BCUT2D eigenvalue weighted by Crippen LogP contribution is 2.32. The summed E-state index contributed by atoms with van der Waals surface area (Å²) in [5.41, 5.74) is 0.967. The van der Waals surface area contributed by atoms with Crippen molar-refractivity contribution in [2.24, 2.45) is 0 Å². The number of urea groups is 1. The van der Waals surface area contributed by atoms with Gasteiger partial charge in [-0.05, 0) is 37.0 Å². The van der Waals surface area contributed by atoms with Crippen LogP contribution < -0.4 is 20.1 Å². The number of ether oxygens (including phenoxy) is 4. The number of nitrogens with one attached hydrogen (secondary N) is 2. The standard InChI is InChI=1S/C17H24N2O5/c20-17(18-6-2-7-21-11-14-3-1-8-22-14)19-10-13-4-5-15-16(9-13)24-12-23-15/h4-5,9,14H,1-3,6-8,10-12H2,(H2,18,19,20)/t14-/m1/s1. The van der Waals surface area contributed by atoms with E-state index in [4.69, 9.17) is 18.9 Å². The molecule has 1 aromatic carbocycles. The molecule has 0 saturated carbocycles. The van der Waals surface area contributed by atoms with Gasteiger partial charge >= 0.3 is 6.03 Å². The van der Waals surface area contributed by atoms with Crippen LogP contribution in [0.2, 0.25) is 0 Å². The Morgan fingerprint density at radius 1 is 1.25 bits per heavy atom. The van der Waals surface area contributed by atoms with Crippen LogP contribution in [0.3, 0.4) is 0 Å². The Bertz CT molecular complexity index is 546. The Labute approximate surface area is 141 Å². The predicted molar refractivity (Wildman–Crippen MR) is 87.2 cm³/mol. The monoisotopic (exact) mass is 336 g/mol. The molecule has 2 aliphatic rings. The molecule has 0 spiro atoms. The lowest BCUT2D eigenvalue weighted by atomic mass is 10.2. The van der Waals surface area contributed by atoms with Gasteiger partial charge in [0, 0.05) is 26.3 Å². The van der Waals surface area contributed by atoms with Crippen molar-refractivity contribution in [1.82, 2.24) is 10.6 Å². The molecule has 1 aromatic rings. The minimum atomic E-state index is -0.188. The van der Waals surface area contributed by atoms with Gasteiger partial charge in [0.25, 0.3) is 0 Å². The number of hydrogen-bond donors (Lipinski definition) is 2. The van der Waals surface area contributed by atoms with E-state index in [9.17, 15) is 4.79 Å². The highest BCUT2D eigenvalue weighted by molar-refractivity contribution is 5.73. The van der Waals surface area contributed by atoms with E-state index in [1.165, 1.54) is 0 Å². The number of hydrogen-bond acceptors (Lipinski definition) is 5. The van der Waals surface area contributed by atoms with Gasteiger partial charge in [-0.3, -0.25) is 0 Å². The summed E-state index contributed by atoms with van der Waals surface area (Å²) >= 11 is 0. The third kappa shape index (κ3) is 5.01. The Hall–Kier alpha value is -1.99. The Morgan fingerprint density at radius 3 is 3.04 bits per heavy atom. The van der Waals surface area contributed by atoms with Crippen molar-refractivity contribution in [2.75, 3.05) is 33.2 Å². The molecule has 1 saturated heterocycles. The van der Waals surface area contributed by atoms with E-state index in [-0.39, 0.29) is 18.9 Å². The molecule has 2 aliphatic heterocycles. The van der Waals surface area contributed by atoms with Crippen LogP contribution in [0.1, 0.15) is 24.8 Å². The van der Waals surface area contributed by atoms with Crippen LogP contribution in [0.4, 0.5) is 4.79 Å². The van der Waals surface area contributed by atoms with Crippen LogP contribution in [0.25, 0.3) is 0 Å². The lowest BCUT2D eigenvalue weighted by Gasteiger charge is -2.11. The average molecular weight is 336 g/mol. The molecule has 2 heterocycles. The first-order chi connectivity index (χ1) is 11.8. The van der Waals surface area contributed by atoms with Gasteiger partial charge in [0.15, 0.2) is 11.5 Å². The van der Waals surface area contributed by atoms with E-state index < -0.39 is 0 Å². The number of benzene rings is 1. The molecule has 132 valence electrons. The summed E-state index contributed by atoms with van der Waals surface area (Å²) in [6.07, 6.45) is 3.24. The van der Waals surface area contributed by atoms with Gasteiger partial charge in [0.1, 0.15) is 0 Å². The first-order valence-corrected chi connectivity index (χ1v) is 8.41. The average Bonchev–Trinajstić information content (AvgIpc) is 3.26. The maximum absolute atomic E-state index is 11.8. The summed E-state index contributed by atoms with van der Waals surface area (Å²) < 4.78 is 21.6. The predicted octanol–water partition coefficient (Wildman–Crippen LogP) is 1.80. The maximum Gasteiger partial charge on any atom is 0.315 e. The van der Waals surface area contributed by atoms with Crippen molar-refractivity contribution in [1.29, 1.82) is 0 Å². The molecule has 1 atom stereocenters. The first-order valence-electron chi connectivity index (χ1n) is 8.41. The fourth-order valence-corrected chi connectivity index (χ4v) is 2.66. The molecule has 24 heavy (non-hydrogen) atoms. The van der Waals surface area contributed by atoms with Crippen molar-refractivity contribution >= 4 is 6.03 Å². The highest BCUT2D eigenvalue weighted by atomic mass is 16.7. The van der Waals surface area contributed by atoms with Gasteiger partial charge in [-0.15, -0.1) is 0 Å². The smallest absolute Gasteiger partial charge is 0.315 e. The van der Waals surface area contributed by atoms with Gasteiger partial charge in [-0.25, -0.2) is 4.79 Å². The van der Waals surface area contributed by atoms with E-state index in [0.717, 1.165) is 42.9 Å². The van der Waals surface area contributed by atoms with Crippen molar-refractivity contribution in [3.63, 3.8) is 0 Å². The second-order valence-electron chi connectivity index (χ2n) is 5.86. The fourth-order valence-electron chi connectivity index (χ4n) is 2.66. The Morgan fingerprint density at radius 2 is 2.17 bits per heavy atom. The van der Waals surface area contributed by atoms with Crippen molar-refractivity contribution in [3.05, 3.63) is 23.8 Å². The number of rotatable bonds is 8. The summed E-state index contributed by atoms with van der Waals surface area (Å²) in [6.45, 7) is 3.40. The summed E-state index contributed by atoms with van der Waals surface area (Å²) in [5.74, 6) is 1.46. The van der Waals surface area contributed by atoms with Crippen LogP contribution in [0.5, 0.6) is 11.5 Å². The third-order valence-corrected chi connectivity index (χ3v) is 3.97. The maximum atomic E-state index is 11.8. The molecule has 7 nitrogen and oxygen atoms in total. The zero-order valence-electron chi connectivity index (χ0n) is 13.7. The zero-order chi connectivity index (χ0) is 16.6. The van der Waals surface area contributed by atoms with Crippen LogP contribution in [-0.4, -0.2) is 45.3 Å². The Balaban J connectivity index is 1.23. The number of carbonyl (C=O) groups excluding carboxylic acids is 1. The summed E-state index contributed by atoms with van der Waals surface area (Å²) in [5, 5.41) is 5.63. The molecule has 2 amide bonds. The first kappa shape index (κ1) is 16.9. The zero-order valence-corrected chi connectivity index (χ0v) is 13.7. The van der Waals surface area contributed by atoms with Gasteiger partial charge in [-0.2, -0.15) is 0 Å². The fraction of sp³-hybridized carbons (Fsp3) is 0.588. The highest BCUT2D eigenvalue weighted by Gasteiger charge is 2.15. The van der Waals surface area contributed by atoms with Gasteiger partial charge in [-0.1, -0.05) is 6.07 Å². The largest absolute Gasteiger partial charge is 0.454 e. The normalized spacial score (nSPS) is 18.6. The summed E-state index contributed by atoms with van der Waals surface area (Å²) in [7, 11) is 0. The van der Waals surface area contributed by atoms with Gasteiger partial charge < -0.3 is 29.6 Å². The molecular formula is C17H24N2O5. The van der Waals surface area contributed by atoms with Gasteiger partial charge in [0.2, 0.25) is 6.79 Å². The topological polar surface area (TPSA) is 78.1 Å². The van der Waals surface area contributed by atoms with Crippen molar-refractivity contribution in [2.45, 2.75) is 31.9 Å². The SMILES string of the molecule is O=C(NCCCOC[C@H]1CCCO1)NCc1ccc2c(c1)OCO2. The quantitative estimate of drug-likeness (QED) is 0.708. The lowest BCUT2D eigenvalue weighted by Crippen LogP contribution is -2.35. The molecular weight excluding hydrogens is 312 g/mol. The minimum Gasteiger partial charge on any atom is -0.454 e. The molecule has 1 fully saturated rings. The van der Waals surface area contributed by atoms with E-state index in [2.05, 4.69) is 10.6 Å². The van der Waals surface area contributed by atoms with Crippen LogP contribution in [0.15, 0.2) is 18.2 Å². The van der Waals surface area contributed by atoms with Crippen molar-refractivity contribution < 1.29 is 23.7 Å². The second-order valence-corrected chi connectivity index (χ2v) is 5.86. The summed E-state index contributed by atoms with van der Waals surface area (Å²) in [6, 6.07) is 5.45. The molecule has 7 heteroatoms. The van der Waals surface area contributed by atoms with E-state index in [1.54, 1.807) is 0 Å². The Kier molecular flexibility index (Phi) is 6.14. The molecule has 0 aliphatic carbocycles. The molecule has 0 bridgehead atoms. The number of fused-ring (bicyclic) bond motifs is 1. The van der Waals surface area contributed by atoms with Crippen molar-refractivity contribution in [3.8, 4) is 11.5 Å². The van der Waals surface area contributed by atoms with E-state index in [0.29, 0.717) is 26.3 Å². The molecule has 0 aromatic heterocycles. The van der Waals surface area contributed by atoms with Crippen LogP contribution >= 0.6 is 0 Å². The van der Waals surface area contributed by atoms with Gasteiger partial charge in [0.05, 0.1) is 12.7 Å². The lowest BCUT2D eigenvalue weighted by molar-refractivity contribution is 0.0168. The molecule has 0 radical (unpaired) electrons. The molecule has 0 unspecified atom stereocenters. The number of carbonyl (C=O) groups is 1. The number of amides is 2. The van der Waals surface area contributed by atoms with E-state index in [1.807, 2.05) is 18.2 Å². The third-order valence-electron chi connectivity index (χ3n) is 3.97. The molecule has 3 rings (SSSR count). The second kappa shape index (κ2) is 8.75. The van der Waals surface area contributed by atoms with Crippen LogP contribution in [0, 0.1) is 0 Å². The molecule has 2 N–H and O–H groups in total. The van der Waals surface area contributed by atoms with E-state index >= 15 is 0 Å².